The van der Waals surface area contributed by atoms with E-state index in [1.807, 2.05) is 18.3 Å². The average Bonchev–Trinajstić information content (AvgIpc) is 3.42. The second-order valence-electron chi connectivity index (χ2n) is 7.14. The number of rotatable bonds is 6. The highest BCUT2D eigenvalue weighted by Crippen LogP contribution is 2.30. The van der Waals surface area contributed by atoms with Crippen LogP contribution in [0.5, 0.6) is 0 Å². The van der Waals surface area contributed by atoms with E-state index in [0.717, 1.165) is 29.1 Å². The van der Waals surface area contributed by atoms with Gasteiger partial charge in [-0.1, -0.05) is 60.7 Å². The van der Waals surface area contributed by atoms with Gasteiger partial charge in [0.05, 0.1) is 11.4 Å². The number of aromatic amines is 1. The third-order valence-electron chi connectivity index (χ3n) is 5.05. The maximum Gasteiger partial charge on any atom is 0.0720 e. The molecule has 3 nitrogen and oxygen atoms in total. The zero-order valence-corrected chi connectivity index (χ0v) is 16.6. The van der Waals surface area contributed by atoms with Crippen molar-refractivity contribution in [3.63, 3.8) is 0 Å². The first-order valence-electron chi connectivity index (χ1n) is 9.92. The quantitative estimate of drug-likeness (QED) is 0.554. The molecule has 1 aliphatic rings. The molecule has 0 fully saturated rings. The molecule has 0 spiro atoms. The zero-order valence-electron chi connectivity index (χ0n) is 16.6. The molecule has 0 aliphatic carbocycles. The van der Waals surface area contributed by atoms with Gasteiger partial charge >= 0.3 is 0 Å². The van der Waals surface area contributed by atoms with Gasteiger partial charge in [-0.2, -0.15) is 0 Å². The molecule has 29 heavy (non-hydrogen) atoms. The fraction of sp³-hybridized carbons (Fsp3) is 0.115. The molecule has 3 N–H and O–H groups in total. The first-order chi connectivity index (χ1) is 14.2. The summed E-state index contributed by atoms with van der Waals surface area (Å²) in [6.07, 6.45) is 9.04. The van der Waals surface area contributed by atoms with Crippen LogP contribution < -0.4 is 5.73 Å². The van der Waals surface area contributed by atoms with Crippen LogP contribution in [0.25, 0.3) is 22.8 Å². The van der Waals surface area contributed by atoms with E-state index in [0.29, 0.717) is 6.54 Å². The molecule has 3 aromatic rings. The van der Waals surface area contributed by atoms with Crippen LogP contribution in [0.4, 0.5) is 0 Å². The molecule has 2 heterocycles. The predicted molar refractivity (Wildman–Crippen MR) is 123 cm³/mol. The summed E-state index contributed by atoms with van der Waals surface area (Å²) in [5.74, 6) is 0. The van der Waals surface area contributed by atoms with Crippen molar-refractivity contribution in [2.75, 3.05) is 6.54 Å². The Labute approximate surface area is 172 Å². The van der Waals surface area contributed by atoms with Gasteiger partial charge in [0, 0.05) is 17.5 Å². The third kappa shape index (κ3) is 4.36. The molecule has 0 saturated carbocycles. The van der Waals surface area contributed by atoms with E-state index in [9.17, 15) is 0 Å². The summed E-state index contributed by atoms with van der Waals surface area (Å²) in [5, 5.41) is 0. The lowest BCUT2D eigenvalue weighted by Gasteiger charge is -2.08. The standard InChI is InChI=1S/C26H25N3/c1-19-18-23(29-26(19)24(15-16-27)25-8-5-17-28-25)14-11-20-9-12-22(13-10-20)21-6-3-2-4-7-21/h2-14,17-18,28H,15-16,27H2,1H3/b14-11+,26-24-. The number of aromatic nitrogens is 1. The number of hydrogen-bond acceptors (Lipinski definition) is 2. The van der Waals surface area contributed by atoms with E-state index in [1.54, 1.807) is 0 Å². The Morgan fingerprint density at radius 3 is 2.38 bits per heavy atom. The van der Waals surface area contributed by atoms with E-state index in [-0.39, 0.29) is 0 Å². The summed E-state index contributed by atoms with van der Waals surface area (Å²) in [6.45, 7) is 2.70. The second-order valence-corrected chi connectivity index (χ2v) is 7.14. The van der Waals surface area contributed by atoms with Gasteiger partial charge in [-0.05, 0) is 66.4 Å². The largest absolute Gasteiger partial charge is 0.361 e. The van der Waals surface area contributed by atoms with Crippen molar-refractivity contribution in [1.82, 2.24) is 4.98 Å². The molecule has 0 atom stereocenters. The lowest BCUT2D eigenvalue weighted by Crippen LogP contribution is -2.02. The maximum absolute atomic E-state index is 5.84. The molecule has 3 heteroatoms. The molecule has 0 bridgehead atoms. The van der Waals surface area contributed by atoms with Crippen molar-refractivity contribution in [3.8, 4) is 11.1 Å². The van der Waals surface area contributed by atoms with Crippen LogP contribution >= 0.6 is 0 Å². The number of nitrogens with one attached hydrogen (secondary N) is 1. The van der Waals surface area contributed by atoms with Crippen LogP contribution in [0, 0.1) is 0 Å². The van der Waals surface area contributed by atoms with E-state index < -0.39 is 0 Å². The molecule has 0 amide bonds. The van der Waals surface area contributed by atoms with Gasteiger partial charge in [-0.15, -0.1) is 0 Å². The summed E-state index contributed by atoms with van der Waals surface area (Å²) in [5.41, 5.74) is 14.9. The van der Waals surface area contributed by atoms with Crippen molar-refractivity contribution < 1.29 is 0 Å². The fourth-order valence-corrected chi connectivity index (χ4v) is 3.57. The number of allylic oxidation sites excluding steroid dienone is 3. The number of H-pyrrole nitrogens is 1. The van der Waals surface area contributed by atoms with E-state index in [2.05, 4.69) is 84.7 Å². The lowest BCUT2D eigenvalue weighted by atomic mass is 10.0. The molecule has 144 valence electrons. The molecule has 0 radical (unpaired) electrons. The third-order valence-corrected chi connectivity index (χ3v) is 5.05. The van der Waals surface area contributed by atoms with E-state index in [4.69, 9.17) is 10.7 Å². The Hall–Kier alpha value is -3.43. The van der Waals surface area contributed by atoms with Crippen LogP contribution in [-0.2, 0) is 0 Å². The first-order valence-corrected chi connectivity index (χ1v) is 9.92. The SMILES string of the molecule is CC1=CC(/C=C/c2ccc(-c3ccccc3)cc2)=NC/1=C(/CCN)c1ccc[nH]1. The first kappa shape index (κ1) is 18.9. The van der Waals surface area contributed by atoms with Crippen molar-refractivity contribution in [2.24, 2.45) is 10.7 Å². The van der Waals surface area contributed by atoms with Gasteiger partial charge in [0.1, 0.15) is 0 Å². The number of nitrogens with two attached hydrogens (primary N) is 1. The normalized spacial score (nSPS) is 15.5. The van der Waals surface area contributed by atoms with Gasteiger partial charge in [0.15, 0.2) is 0 Å². The van der Waals surface area contributed by atoms with E-state index >= 15 is 0 Å². The maximum atomic E-state index is 5.84. The van der Waals surface area contributed by atoms with Gasteiger partial charge < -0.3 is 10.7 Å². The molecule has 1 aromatic heterocycles. The molecular formula is C26H25N3. The molecule has 1 aliphatic heterocycles. The van der Waals surface area contributed by atoms with Crippen molar-refractivity contribution in [3.05, 3.63) is 108 Å². The number of benzene rings is 2. The zero-order chi connectivity index (χ0) is 20.1. The van der Waals surface area contributed by atoms with Crippen LogP contribution in [0.1, 0.15) is 24.6 Å². The Kier molecular flexibility index (Phi) is 5.68. The minimum Gasteiger partial charge on any atom is -0.361 e. The van der Waals surface area contributed by atoms with Crippen LogP contribution in [0.2, 0.25) is 0 Å². The summed E-state index contributed by atoms with van der Waals surface area (Å²) in [6, 6.07) is 23.1. The number of aliphatic imine (C=N–C) groups is 1. The minimum atomic E-state index is 0.597. The van der Waals surface area contributed by atoms with E-state index in [1.165, 1.54) is 22.3 Å². The molecular weight excluding hydrogens is 354 g/mol. The van der Waals surface area contributed by atoms with Crippen LogP contribution in [0.15, 0.2) is 101 Å². The molecule has 2 aromatic carbocycles. The summed E-state index contributed by atoms with van der Waals surface area (Å²) < 4.78 is 0. The Morgan fingerprint density at radius 1 is 0.931 bits per heavy atom. The van der Waals surface area contributed by atoms with Gasteiger partial charge in [-0.25, -0.2) is 4.99 Å². The topological polar surface area (TPSA) is 54.2 Å². The van der Waals surface area contributed by atoms with Gasteiger partial charge in [0.25, 0.3) is 0 Å². The summed E-state index contributed by atoms with van der Waals surface area (Å²) in [4.78, 5) is 8.15. The van der Waals surface area contributed by atoms with Crippen molar-refractivity contribution >= 4 is 17.4 Å². The smallest absolute Gasteiger partial charge is 0.0720 e. The van der Waals surface area contributed by atoms with Gasteiger partial charge in [0.2, 0.25) is 0 Å². The Bertz CT molecular complexity index is 1080. The summed E-state index contributed by atoms with van der Waals surface area (Å²) in [7, 11) is 0. The Morgan fingerprint density at radius 2 is 1.69 bits per heavy atom. The van der Waals surface area contributed by atoms with Gasteiger partial charge in [-0.3, -0.25) is 0 Å². The van der Waals surface area contributed by atoms with Crippen molar-refractivity contribution in [1.29, 1.82) is 0 Å². The monoisotopic (exact) mass is 379 g/mol. The van der Waals surface area contributed by atoms with Crippen LogP contribution in [0.3, 0.4) is 0 Å². The Balaban J connectivity index is 1.56. The number of hydrogen-bond donors (Lipinski definition) is 2. The summed E-state index contributed by atoms with van der Waals surface area (Å²) >= 11 is 0. The highest BCUT2D eigenvalue weighted by atomic mass is 14.8. The highest BCUT2D eigenvalue weighted by molar-refractivity contribution is 6.10. The average molecular weight is 380 g/mol. The van der Waals surface area contributed by atoms with Crippen molar-refractivity contribution in [2.45, 2.75) is 13.3 Å². The lowest BCUT2D eigenvalue weighted by molar-refractivity contribution is 1.00. The highest BCUT2D eigenvalue weighted by Gasteiger charge is 2.15. The van der Waals surface area contributed by atoms with Crippen LogP contribution in [-0.4, -0.2) is 17.2 Å². The molecule has 0 unspecified atom stereocenters. The molecule has 4 rings (SSSR count). The number of nitrogens with zero attached hydrogens (tertiary/aromatic N) is 1. The minimum absolute atomic E-state index is 0.597. The second kappa shape index (κ2) is 8.72. The predicted octanol–water partition coefficient (Wildman–Crippen LogP) is 5.86. The molecule has 0 saturated heterocycles. The fourth-order valence-electron chi connectivity index (χ4n) is 3.57.